The van der Waals surface area contributed by atoms with E-state index in [4.69, 9.17) is 4.74 Å². The fourth-order valence-electron chi connectivity index (χ4n) is 4.19. The molecule has 0 aromatic heterocycles. The fourth-order valence-corrected chi connectivity index (χ4v) is 5.08. The van der Waals surface area contributed by atoms with Crippen molar-refractivity contribution in [3.63, 3.8) is 0 Å². The summed E-state index contributed by atoms with van der Waals surface area (Å²) < 4.78 is 70.4. The van der Waals surface area contributed by atoms with Gasteiger partial charge in [-0.15, -0.1) is 0 Å². The highest BCUT2D eigenvalue weighted by Gasteiger charge is 2.30. The predicted molar refractivity (Wildman–Crippen MR) is 127 cm³/mol. The molecule has 0 aliphatic carbocycles. The first-order valence-corrected chi connectivity index (χ1v) is 13.5. The van der Waals surface area contributed by atoms with E-state index in [0.29, 0.717) is 51.3 Å². The molecule has 34 heavy (non-hydrogen) atoms. The van der Waals surface area contributed by atoms with Crippen LogP contribution in [-0.4, -0.2) is 62.8 Å². The lowest BCUT2D eigenvalue weighted by Crippen LogP contribution is -2.42. The Hall–Kier alpha value is -1.94. The van der Waals surface area contributed by atoms with Crippen molar-refractivity contribution in [2.24, 2.45) is 0 Å². The molecule has 1 saturated heterocycles. The van der Waals surface area contributed by atoms with Crippen LogP contribution in [0, 0.1) is 0 Å². The SMILES string of the molecule is CS(=O)(=O)N1CCCC(OCCCN(CCc2ccccc2)Cc2cccc(C(F)(F)F)c2)C1. The maximum Gasteiger partial charge on any atom is 0.416 e. The van der Waals surface area contributed by atoms with Crippen LogP contribution in [0.5, 0.6) is 0 Å². The zero-order chi connectivity index (χ0) is 24.6. The summed E-state index contributed by atoms with van der Waals surface area (Å²) in [7, 11) is -3.22. The number of hydrogen-bond acceptors (Lipinski definition) is 4. The summed E-state index contributed by atoms with van der Waals surface area (Å²) in [5, 5.41) is 0. The molecule has 0 bridgehead atoms. The standard InChI is InChI=1S/C25H33F3N2O3S/c1-34(31,32)30-15-6-12-24(20-30)33-17-7-14-29(16-13-21-8-3-2-4-9-21)19-22-10-5-11-23(18-22)25(26,27)28/h2-5,8-11,18,24H,6-7,12-17,19-20H2,1H3. The van der Waals surface area contributed by atoms with Gasteiger partial charge in [-0.1, -0.05) is 48.5 Å². The number of ether oxygens (including phenoxy) is 1. The Bertz CT molecular complexity index is 1000. The first kappa shape index (κ1) is 26.7. The van der Waals surface area contributed by atoms with Crippen LogP contribution in [0.25, 0.3) is 0 Å². The third kappa shape index (κ3) is 8.69. The molecule has 0 radical (unpaired) electrons. The molecule has 1 heterocycles. The van der Waals surface area contributed by atoms with Crippen LogP contribution in [0.15, 0.2) is 54.6 Å². The zero-order valence-corrected chi connectivity index (χ0v) is 20.3. The topological polar surface area (TPSA) is 49.9 Å². The van der Waals surface area contributed by atoms with E-state index in [1.807, 2.05) is 30.3 Å². The predicted octanol–water partition coefficient (Wildman–Crippen LogP) is 4.58. The van der Waals surface area contributed by atoms with Crippen LogP contribution in [0.2, 0.25) is 0 Å². The lowest BCUT2D eigenvalue weighted by molar-refractivity contribution is -0.137. The van der Waals surface area contributed by atoms with Crippen molar-refractivity contribution in [2.45, 2.75) is 44.5 Å². The second-order valence-electron chi connectivity index (χ2n) is 8.82. The highest BCUT2D eigenvalue weighted by atomic mass is 32.2. The van der Waals surface area contributed by atoms with Gasteiger partial charge in [0.1, 0.15) is 0 Å². The molecular formula is C25H33F3N2O3S. The number of rotatable bonds is 11. The molecule has 9 heteroatoms. The molecule has 1 fully saturated rings. The first-order chi connectivity index (χ1) is 16.1. The quantitative estimate of drug-likeness (QED) is 0.426. The summed E-state index contributed by atoms with van der Waals surface area (Å²) >= 11 is 0. The third-order valence-electron chi connectivity index (χ3n) is 6.00. The van der Waals surface area contributed by atoms with Gasteiger partial charge in [-0.3, -0.25) is 4.90 Å². The number of halogens is 3. The summed E-state index contributed by atoms with van der Waals surface area (Å²) in [4.78, 5) is 2.15. The molecule has 0 saturated carbocycles. The van der Waals surface area contributed by atoms with Crippen LogP contribution in [0.4, 0.5) is 13.2 Å². The zero-order valence-electron chi connectivity index (χ0n) is 19.5. The van der Waals surface area contributed by atoms with E-state index in [2.05, 4.69) is 4.90 Å². The van der Waals surface area contributed by atoms with E-state index in [1.165, 1.54) is 28.3 Å². The van der Waals surface area contributed by atoms with E-state index in [9.17, 15) is 21.6 Å². The summed E-state index contributed by atoms with van der Waals surface area (Å²) in [6.45, 7) is 3.19. The van der Waals surface area contributed by atoms with E-state index in [0.717, 1.165) is 25.3 Å². The molecule has 1 aliphatic heterocycles. The van der Waals surface area contributed by atoms with Gasteiger partial charge in [-0.2, -0.15) is 17.5 Å². The number of alkyl halides is 3. The summed E-state index contributed by atoms with van der Waals surface area (Å²) in [5.74, 6) is 0. The van der Waals surface area contributed by atoms with E-state index >= 15 is 0 Å². The van der Waals surface area contributed by atoms with Crippen molar-refractivity contribution in [3.8, 4) is 0 Å². The van der Waals surface area contributed by atoms with Crippen LogP contribution >= 0.6 is 0 Å². The minimum absolute atomic E-state index is 0.121. The largest absolute Gasteiger partial charge is 0.416 e. The Morgan fingerprint density at radius 3 is 2.50 bits per heavy atom. The third-order valence-corrected chi connectivity index (χ3v) is 7.27. The van der Waals surface area contributed by atoms with Crippen molar-refractivity contribution in [2.75, 3.05) is 39.0 Å². The van der Waals surface area contributed by atoms with Crippen molar-refractivity contribution in [1.29, 1.82) is 0 Å². The molecule has 2 aromatic carbocycles. The maximum absolute atomic E-state index is 13.1. The second kappa shape index (κ2) is 12.2. The molecular weight excluding hydrogens is 465 g/mol. The second-order valence-corrected chi connectivity index (χ2v) is 10.8. The van der Waals surface area contributed by atoms with Gasteiger partial charge < -0.3 is 4.74 Å². The van der Waals surface area contributed by atoms with Gasteiger partial charge in [-0.05, 0) is 42.9 Å². The van der Waals surface area contributed by atoms with E-state index in [-0.39, 0.29) is 6.10 Å². The van der Waals surface area contributed by atoms with Crippen molar-refractivity contribution in [3.05, 3.63) is 71.3 Å². The van der Waals surface area contributed by atoms with Crippen LogP contribution in [0.1, 0.15) is 36.0 Å². The molecule has 5 nitrogen and oxygen atoms in total. The minimum Gasteiger partial charge on any atom is -0.377 e. The van der Waals surface area contributed by atoms with Crippen LogP contribution in [-0.2, 0) is 33.9 Å². The molecule has 1 unspecified atom stereocenters. The Balaban J connectivity index is 1.55. The monoisotopic (exact) mass is 498 g/mol. The minimum atomic E-state index is -4.36. The first-order valence-electron chi connectivity index (χ1n) is 11.6. The smallest absolute Gasteiger partial charge is 0.377 e. The average molecular weight is 499 g/mol. The summed E-state index contributed by atoms with van der Waals surface area (Å²) in [6, 6.07) is 15.5. The van der Waals surface area contributed by atoms with Crippen molar-refractivity contribution >= 4 is 10.0 Å². The van der Waals surface area contributed by atoms with Crippen LogP contribution in [0.3, 0.4) is 0 Å². The number of sulfonamides is 1. The molecule has 1 aliphatic rings. The molecule has 0 N–H and O–H groups in total. The lowest BCUT2D eigenvalue weighted by Gasteiger charge is -2.31. The van der Waals surface area contributed by atoms with Gasteiger partial charge in [0, 0.05) is 39.3 Å². The van der Waals surface area contributed by atoms with Crippen molar-refractivity contribution in [1.82, 2.24) is 9.21 Å². The molecule has 3 rings (SSSR count). The number of piperidine rings is 1. The van der Waals surface area contributed by atoms with Gasteiger partial charge in [0.05, 0.1) is 17.9 Å². The lowest BCUT2D eigenvalue weighted by atomic mass is 10.1. The number of hydrogen-bond donors (Lipinski definition) is 0. The summed E-state index contributed by atoms with van der Waals surface area (Å²) in [5.41, 5.74) is 1.17. The molecule has 1 atom stereocenters. The van der Waals surface area contributed by atoms with Gasteiger partial charge in [0.25, 0.3) is 0 Å². The molecule has 188 valence electrons. The Kier molecular flexibility index (Phi) is 9.53. The normalized spacial score (nSPS) is 17.9. The van der Waals surface area contributed by atoms with E-state index < -0.39 is 21.8 Å². The number of benzene rings is 2. The van der Waals surface area contributed by atoms with Gasteiger partial charge in [0.2, 0.25) is 10.0 Å². The van der Waals surface area contributed by atoms with E-state index in [1.54, 1.807) is 6.07 Å². The summed E-state index contributed by atoms with van der Waals surface area (Å²) in [6.07, 6.45) is -0.156. The highest BCUT2D eigenvalue weighted by Crippen LogP contribution is 2.29. The molecule has 2 aromatic rings. The van der Waals surface area contributed by atoms with Crippen LogP contribution < -0.4 is 0 Å². The maximum atomic E-state index is 13.1. The van der Waals surface area contributed by atoms with Gasteiger partial charge in [0.15, 0.2) is 0 Å². The Morgan fingerprint density at radius 2 is 1.79 bits per heavy atom. The molecule has 0 amide bonds. The Morgan fingerprint density at radius 1 is 1.06 bits per heavy atom. The van der Waals surface area contributed by atoms with Gasteiger partial charge in [-0.25, -0.2) is 8.42 Å². The number of nitrogens with zero attached hydrogens (tertiary/aromatic N) is 2. The van der Waals surface area contributed by atoms with Crippen molar-refractivity contribution < 1.29 is 26.3 Å². The molecule has 0 spiro atoms. The highest BCUT2D eigenvalue weighted by molar-refractivity contribution is 7.88. The average Bonchev–Trinajstić information content (AvgIpc) is 2.80. The Labute approximate surface area is 200 Å². The fraction of sp³-hybridized carbons (Fsp3) is 0.520. The van der Waals surface area contributed by atoms with Gasteiger partial charge >= 0.3 is 6.18 Å².